The third-order valence-corrected chi connectivity index (χ3v) is 3.90. The Morgan fingerprint density at radius 1 is 1.38 bits per heavy atom. The first-order chi connectivity index (χ1) is 10.2. The summed E-state index contributed by atoms with van der Waals surface area (Å²) in [5, 5.41) is 0.709. The van der Waals surface area contributed by atoms with Gasteiger partial charge in [0, 0.05) is 31.7 Å². The van der Waals surface area contributed by atoms with Crippen LogP contribution in [0.15, 0.2) is 24.3 Å². The van der Waals surface area contributed by atoms with E-state index in [0.29, 0.717) is 37.7 Å². The molecule has 1 aromatic rings. The van der Waals surface area contributed by atoms with Crippen molar-refractivity contribution in [3.8, 4) is 0 Å². The Kier molecular flexibility index (Phi) is 6.49. The van der Waals surface area contributed by atoms with Crippen LogP contribution in [0, 0.1) is 0 Å². The van der Waals surface area contributed by atoms with Gasteiger partial charge in [-0.25, -0.2) is 0 Å². The second-order valence-corrected chi connectivity index (χ2v) is 5.64. The van der Waals surface area contributed by atoms with Crippen LogP contribution in [-0.2, 0) is 14.3 Å². The van der Waals surface area contributed by atoms with Crippen molar-refractivity contribution in [2.45, 2.75) is 25.4 Å². The summed E-state index contributed by atoms with van der Waals surface area (Å²) in [7, 11) is 1.68. The molecule has 0 aliphatic carbocycles. The molecule has 2 rings (SSSR count). The summed E-state index contributed by atoms with van der Waals surface area (Å²) in [6.07, 6.45) is 2.32. The number of morpholine rings is 1. The van der Waals surface area contributed by atoms with E-state index >= 15 is 0 Å². The molecule has 1 unspecified atom stereocenters. The molecule has 5 heteroatoms. The van der Waals surface area contributed by atoms with Crippen LogP contribution in [0.3, 0.4) is 0 Å². The van der Waals surface area contributed by atoms with Crippen molar-refractivity contribution >= 4 is 17.5 Å². The SMILES string of the molecule is COCCCCC(=O)N1CCOC(c2ccc(Cl)cc2)C1. The number of carbonyl (C=O) groups excluding carboxylic acids is 1. The number of ether oxygens (including phenoxy) is 2. The highest BCUT2D eigenvalue weighted by Crippen LogP contribution is 2.24. The maximum atomic E-state index is 12.2. The molecule has 1 aliphatic heterocycles. The topological polar surface area (TPSA) is 38.8 Å². The van der Waals surface area contributed by atoms with Crippen LogP contribution in [-0.4, -0.2) is 44.2 Å². The Morgan fingerprint density at radius 3 is 2.86 bits per heavy atom. The predicted octanol–water partition coefficient (Wildman–Crippen LogP) is 3.06. The first-order valence-corrected chi connectivity index (χ1v) is 7.72. The largest absolute Gasteiger partial charge is 0.385 e. The average Bonchev–Trinajstić information content (AvgIpc) is 2.52. The van der Waals surface area contributed by atoms with Gasteiger partial charge in [0.05, 0.1) is 13.2 Å². The third kappa shape index (κ3) is 4.99. The summed E-state index contributed by atoms with van der Waals surface area (Å²) >= 11 is 5.90. The van der Waals surface area contributed by atoms with Crippen LogP contribution in [0.1, 0.15) is 30.9 Å². The molecule has 0 spiro atoms. The fourth-order valence-corrected chi connectivity index (χ4v) is 2.56. The first-order valence-electron chi connectivity index (χ1n) is 7.34. The predicted molar refractivity (Wildman–Crippen MR) is 82.5 cm³/mol. The van der Waals surface area contributed by atoms with Crippen molar-refractivity contribution in [3.63, 3.8) is 0 Å². The number of hydrogen-bond acceptors (Lipinski definition) is 3. The van der Waals surface area contributed by atoms with Gasteiger partial charge in [-0.2, -0.15) is 0 Å². The van der Waals surface area contributed by atoms with Crippen LogP contribution in [0.2, 0.25) is 5.02 Å². The van der Waals surface area contributed by atoms with Crippen molar-refractivity contribution in [3.05, 3.63) is 34.9 Å². The number of carbonyl (C=O) groups is 1. The highest BCUT2D eigenvalue weighted by Gasteiger charge is 2.24. The molecular formula is C16H22ClNO3. The number of halogens is 1. The van der Waals surface area contributed by atoms with Crippen molar-refractivity contribution in [2.24, 2.45) is 0 Å². The van der Waals surface area contributed by atoms with Gasteiger partial charge < -0.3 is 14.4 Å². The molecule has 0 radical (unpaired) electrons. The van der Waals surface area contributed by atoms with E-state index < -0.39 is 0 Å². The minimum atomic E-state index is -0.0565. The van der Waals surface area contributed by atoms with E-state index in [-0.39, 0.29) is 12.0 Å². The maximum Gasteiger partial charge on any atom is 0.222 e. The molecule has 0 bridgehead atoms. The van der Waals surface area contributed by atoms with Crippen molar-refractivity contribution in [1.29, 1.82) is 0 Å². The van der Waals surface area contributed by atoms with E-state index in [2.05, 4.69) is 0 Å². The van der Waals surface area contributed by atoms with Crippen LogP contribution in [0.25, 0.3) is 0 Å². The number of hydrogen-bond donors (Lipinski definition) is 0. The minimum Gasteiger partial charge on any atom is -0.385 e. The smallest absolute Gasteiger partial charge is 0.222 e. The number of nitrogens with zero attached hydrogens (tertiary/aromatic N) is 1. The number of unbranched alkanes of at least 4 members (excludes halogenated alkanes) is 1. The molecular weight excluding hydrogens is 290 g/mol. The third-order valence-electron chi connectivity index (χ3n) is 3.65. The molecule has 1 heterocycles. The van der Waals surface area contributed by atoms with E-state index in [1.165, 1.54) is 0 Å². The zero-order chi connectivity index (χ0) is 15.1. The lowest BCUT2D eigenvalue weighted by molar-refractivity contribution is -0.139. The van der Waals surface area contributed by atoms with Crippen molar-refractivity contribution in [1.82, 2.24) is 4.90 Å². The first kappa shape index (κ1) is 16.3. The highest BCUT2D eigenvalue weighted by atomic mass is 35.5. The quantitative estimate of drug-likeness (QED) is 0.758. The Balaban J connectivity index is 1.85. The number of rotatable bonds is 6. The Labute approximate surface area is 131 Å². The van der Waals surface area contributed by atoms with E-state index in [1.54, 1.807) is 7.11 Å². The summed E-state index contributed by atoms with van der Waals surface area (Å²) in [4.78, 5) is 14.1. The van der Waals surface area contributed by atoms with E-state index in [1.807, 2.05) is 29.2 Å². The van der Waals surface area contributed by atoms with Gasteiger partial charge in [0.2, 0.25) is 5.91 Å². The monoisotopic (exact) mass is 311 g/mol. The molecule has 1 aromatic carbocycles. The summed E-state index contributed by atoms with van der Waals surface area (Å²) in [6.45, 7) is 2.58. The molecule has 0 aromatic heterocycles. The van der Waals surface area contributed by atoms with Gasteiger partial charge in [-0.1, -0.05) is 23.7 Å². The van der Waals surface area contributed by atoms with Gasteiger partial charge in [-0.15, -0.1) is 0 Å². The van der Waals surface area contributed by atoms with Gasteiger partial charge in [0.15, 0.2) is 0 Å². The van der Waals surface area contributed by atoms with Gasteiger partial charge in [0.25, 0.3) is 0 Å². The van der Waals surface area contributed by atoms with E-state index in [9.17, 15) is 4.79 Å². The average molecular weight is 312 g/mol. The van der Waals surface area contributed by atoms with E-state index in [4.69, 9.17) is 21.1 Å². The Bertz CT molecular complexity index is 449. The summed E-state index contributed by atoms with van der Waals surface area (Å²) in [5.74, 6) is 0.202. The van der Waals surface area contributed by atoms with Crippen LogP contribution >= 0.6 is 11.6 Å². The van der Waals surface area contributed by atoms with Gasteiger partial charge in [0.1, 0.15) is 6.10 Å². The zero-order valence-electron chi connectivity index (χ0n) is 12.4. The molecule has 21 heavy (non-hydrogen) atoms. The summed E-state index contributed by atoms with van der Waals surface area (Å²) in [6, 6.07) is 7.62. The van der Waals surface area contributed by atoms with Crippen LogP contribution in [0.4, 0.5) is 0 Å². The lowest BCUT2D eigenvalue weighted by Gasteiger charge is -2.33. The molecule has 1 saturated heterocycles. The summed E-state index contributed by atoms with van der Waals surface area (Å²) < 4.78 is 10.8. The second-order valence-electron chi connectivity index (χ2n) is 5.20. The number of benzene rings is 1. The van der Waals surface area contributed by atoms with Crippen molar-refractivity contribution < 1.29 is 14.3 Å². The summed E-state index contributed by atoms with van der Waals surface area (Å²) in [5.41, 5.74) is 1.07. The standard InChI is InChI=1S/C16H22ClNO3/c1-20-10-3-2-4-16(19)18-9-11-21-15(12-18)13-5-7-14(17)8-6-13/h5-8,15H,2-4,9-12H2,1H3. The molecule has 4 nitrogen and oxygen atoms in total. The molecule has 0 saturated carbocycles. The normalized spacial score (nSPS) is 18.8. The number of amides is 1. The van der Waals surface area contributed by atoms with Crippen LogP contribution in [0.5, 0.6) is 0 Å². The Morgan fingerprint density at radius 2 is 2.14 bits per heavy atom. The van der Waals surface area contributed by atoms with Gasteiger partial charge >= 0.3 is 0 Å². The molecule has 1 aliphatic rings. The number of methoxy groups -OCH3 is 1. The lowest BCUT2D eigenvalue weighted by atomic mass is 10.1. The molecule has 116 valence electrons. The molecule has 1 atom stereocenters. The van der Waals surface area contributed by atoms with Crippen molar-refractivity contribution in [2.75, 3.05) is 33.4 Å². The molecule has 0 N–H and O–H groups in total. The highest BCUT2D eigenvalue weighted by molar-refractivity contribution is 6.30. The minimum absolute atomic E-state index is 0.0565. The van der Waals surface area contributed by atoms with Gasteiger partial charge in [-0.3, -0.25) is 4.79 Å². The lowest BCUT2D eigenvalue weighted by Crippen LogP contribution is -2.42. The van der Waals surface area contributed by atoms with Crippen LogP contribution < -0.4 is 0 Å². The second kappa shape index (κ2) is 8.37. The van der Waals surface area contributed by atoms with E-state index in [0.717, 1.165) is 18.4 Å². The zero-order valence-corrected chi connectivity index (χ0v) is 13.1. The Hall–Kier alpha value is -1.10. The molecule has 1 fully saturated rings. The fraction of sp³-hybridized carbons (Fsp3) is 0.562. The maximum absolute atomic E-state index is 12.2. The van der Waals surface area contributed by atoms with Gasteiger partial charge in [-0.05, 0) is 30.5 Å². The molecule has 1 amide bonds. The fourth-order valence-electron chi connectivity index (χ4n) is 2.44.